The predicted molar refractivity (Wildman–Crippen MR) is 77.8 cm³/mol. The van der Waals surface area contributed by atoms with Crippen molar-refractivity contribution >= 4 is 45.1 Å². The number of nitrogens with two attached hydrogens (primary N) is 1. The van der Waals surface area contributed by atoms with Crippen LogP contribution in [0.2, 0.25) is 5.02 Å². The van der Waals surface area contributed by atoms with E-state index in [0.29, 0.717) is 17.6 Å². The highest BCUT2D eigenvalue weighted by molar-refractivity contribution is 9.10. The van der Waals surface area contributed by atoms with Gasteiger partial charge in [-0.2, -0.15) is 15.0 Å². The topological polar surface area (TPSA) is 86.0 Å². The molecule has 0 radical (unpaired) electrons. The summed E-state index contributed by atoms with van der Waals surface area (Å²) in [7, 11) is 0. The minimum Gasteiger partial charge on any atom is -0.464 e. The van der Waals surface area contributed by atoms with Gasteiger partial charge in [-0.25, -0.2) is 0 Å². The fraction of sp³-hybridized carbons (Fsp3) is 0.182. The summed E-state index contributed by atoms with van der Waals surface area (Å²) >= 11 is 9.26. The number of anilines is 3. The lowest BCUT2D eigenvalue weighted by Crippen LogP contribution is -2.06. The molecule has 0 saturated carbocycles. The zero-order valence-electron chi connectivity index (χ0n) is 10.0. The highest BCUT2D eigenvalue weighted by atomic mass is 79.9. The quantitative estimate of drug-likeness (QED) is 0.886. The van der Waals surface area contributed by atoms with Crippen molar-refractivity contribution in [2.24, 2.45) is 0 Å². The second-order valence-corrected chi connectivity index (χ2v) is 4.75. The second-order valence-electron chi connectivity index (χ2n) is 3.49. The summed E-state index contributed by atoms with van der Waals surface area (Å²) in [5, 5.41) is 3.62. The lowest BCUT2D eigenvalue weighted by Gasteiger charge is -2.08. The van der Waals surface area contributed by atoms with Crippen molar-refractivity contribution in [1.29, 1.82) is 0 Å². The Kier molecular flexibility index (Phi) is 4.39. The molecule has 8 heteroatoms. The van der Waals surface area contributed by atoms with Crippen molar-refractivity contribution in [2.45, 2.75) is 6.92 Å². The van der Waals surface area contributed by atoms with E-state index in [2.05, 4.69) is 36.2 Å². The average molecular weight is 345 g/mol. The van der Waals surface area contributed by atoms with E-state index in [1.165, 1.54) is 0 Å². The smallest absolute Gasteiger partial charge is 0.323 e. The fourth-order valence-electron chi connectivity index (χ4n) is 1.32. The summed E-state index contributed by atoms with van der Waals surface area (Å²) in [6, 6.07) is 5.54. The molecule has 0 amide bonds. The number of hydrogen-bond donors (Lipinski definition) is 2. The monoisotopic (exact) mass is 343 g/mol. The zero-order chi connectivity index (χ0) is 13.8. The van der Waals surface area contributed by atoms with E-state index in [9.17, 15) is 0 Å². The molecule has 0 atom stereocenters. The molecule has 3 N–H and O–H groups in total. The third-order valence-electron chi connectivity index (χ3n) is 2.08. The van der Waals surface area contributed by atoms with Crippen LogP contribution in [0, 0.1) is 0 Å². The maximum atomic E-state index is 5.92. The summed E-state index contributed by atoms with van der Waals surface area (Å²) in [5.41, 5.74) is 6.35. The number of nitrogens with one attached hydrogen (secondary N) is 1. The maximum absolute atomic E-state index is 5.92. The molecule has 6 nitrogen and oxygen atoms in total. The van der Waals surface area contributed by atoms with Crippen molar-refractivity contribution in [3.8, 4) is 6.01 Å². The summed E-state index contributed by atoms with van der Waals surface area (Å²) in [6.45, 7) is 2.29. The highest BCUT2D eigenvalue weighted by Crippen LogP contribution is 2.26. The fourth-order valence-corrected chi connectivity index (χ4v) is 1.82. The van der Waals surface area contributed by atoms with Crippen molar-refractivity contribution in [3.63, 3.8) is 0 Å². The first-order chi connectivity index (χ1) is 9.08. The molecule has 2 rings (SSSR count). The van der Waals surface area contributed by atoms with E-state index in [-0.39, 0.29) is 12.0 Å². The minimum absolute atomic E-state index is 0.0916. The standard InChI is InChI=1S/C11H11BrClN5O/c1-2-19-11-17-9(14)16-10(18-11)15-6-3-4-8(13)7(12)5-6/h3-5H,2H2,1H3,(H3,14,15,16,17,18). The number of ether oxygens (including phenoxy) is 1. The molecule has 1 heterocycles. The van der Waals surface area contributed by atoms with Crippen LogP contribution in [0.1, 0.15) is 6.92 Å². The van der Waals surface area contributed by atoms with Crippen LogP contribution < -0.4 is 15.8 Å². The average Bonchev–Trinajstić information content (AvgIpc) is 2.33. The van der Waals surface area contributed by atoms with Crippen LogP contribution in [0.25, 0.3) is 0 Å². The van der Waals surface area contributed by atoms with Crippen molar-refractivity contribution in [2.75, 3.05) is 17.7 Å². The van der Waals surface area contributed by atoms with Crippen LogP contribution in [-0.4, -0.2) is 21.6 Å². The molecule has 1 aromatic carbocycles. The minimum atomic E-state index is 0.0916. The van der Waals surface area contributed by atoms with Gasteiger partial charge in [0.15, 0.2) is 0 Å². The van der Waals surface area contributed by atoms with E-state index >= 15 is 0 Å². The second kappa shape index (κ2) is 6.03. The molecule has 100 valence electrons. The van der Waals surface area contributed by atoms with E-state index in [1.54, 1.807) is 12.1 Å². The van der Waals surface area contributed by atoms with Gasteiger partial charge < -0.3 is 15.8 Å². The third-order valence-corrected chi connectivity index (χ3v) is 3.30. The number of hydrogen-bond acceptors (Lipinski definition) is 6. The highest BCUT2D eigenvalue weighted by Gasteiger charge is 2.06. The lowest BCUT2D eigenvalue weighted by atomic mass is 10.3. The van der Waals surface area contributed by atoms with Crippen LogP contribution in [-0.2, 0) is 0 Å². The van der Waals surface area contributed by atoms with Crippen molar-refractivity contribution in [1.82, 2.24) is 15.0 Å². The Morgan fingerprint density at radius 3 is 2.84 bits per heavy atom. The van der Waals surface area contributed by atoms with Gasteiger partial charge in [0.1, 0.15) is 0 Å². The molecule has 0 spiro atoms. The molecule has 2 aromatic rings. The van der Waals surface area contributed by atoms with Crippen LogP contribution >= 0.6 is 27.5 Å². The molecule has 19 heavy (non-hydrogen) atoms. The molecule has 0 saturated heterocycles. The Labute approximate surface area is 123 Å². The summed E-state index contributed by atoms with van der Waals surface area (Å²) in [4.78, 5) is 11.9. The molecule has 0 fully saturated rings. The van der Waals surface area contributed by atoms with Gasteiger partial charge in [0.25, 0.3) is 0 Å². The first kappa shape index (κ1) is 13.8. The number of halogens is 2. The van der Waals surface area contributed by atoms with E-state index in [4.69, 9.17) is 22.1 Å². The van der Waals surface area contributed by atoms with E-state index in [1.807, 2.05) is 13.0 Å². The van der Waals surface area contributed by atoms with Gasteiger partial charge in [-0.05, 0) is 41.1 Å². The first-order valence-electron chi connectivity index (χ1n) is 5.45. The number of nitrogen functional groups attached to an aromatic ring is 1. The number of nitrogens with zero attached hydrogens (tertiary/aromatic N) is 3. The van der Waals surface area contributed by atoms with Crippen LogP contribution in [0.4, 0.5) is 17.6 Å². The Morgan fingerprint density at radius 1 is 1.37 bits per heavy atom. The van der Waals surface area contributed by atoms with Crippen LogP contribution in [0.3, 0.4) is 0 Å². The normalized spacial score (nSPS) is 10.3. The van der Waals surface area contributed by atoms with Gasteiger partial charge in [0.05, 0.1) is 11.6 Å². The number of aromatic nitrogens is 3. The van der Waals surface area contributed by atoms with Gasteiger partial charge in [-0.1, -0.05) is 11.6 Å². The molecule has 0 bridgehead atoms. The van der Waals surface area contributed by atoms with Crippen molar-refractivity contribution in [3.05, 3.63) is 27.7 Å². The number of rotatable bonds is 4. The SMILES string of the molecule is CCOc1nc(N)nc(Nc2ccc(Cl)c(Br)c2)n1. The zero-order valence-corrected chi connectivity index (χ0v) is 12.4. The van der Waals surface area contributed by atoms with Gasteiger partial charge >= 0.3 is 6.01 Å². The number of benzene rings is 1. The van der Waals surface area contributed by atoms with Crippen LogP contribution in [0.15, 0.2) is 22.7 Å². The Bertz CT molecular complexity index is 595. The van der Waals surface area contributed by atoms with Gasteiger partial charge in [0, 0.05) is 10.2 Å². The van der Waals surface area contributed by atoms with Gasteiger partial charge in [-0.3, -0.25) is 0 Å². The molecule has 0 aliphatic heterocycles. The molecule has 0 unspecified atom stereocenters. The largest absolute Gasteiger partial charge is 0.464 e. The maximum Gasteiger partial charge on any atom is 0.323 e. The predicted octanol–water partition coefficient (Wildman–Crippen LogP) is 3.01. The lowest BCUT2D eigenvalue weighted by molar-refractivity contribution is 0.312. The third kappa shape index (κ3) is 3.68. The molecule has 1 aromatic heterocycles. The molecular formula is C11H11BrClN5O. The first-order valence-corrected chi connectivity index (χ1v) is 6.62. The van der Waals surface area contributed by atoms with E-state index in [0.717, 1.165) is 10.2 Å². The Morgan fingerprint density at radius 2 is 2.16 bits per heavy atom. The van der Waals surface area contributed by atoms with Crippen molar-refractivity contribution < 1.29 is 4.74 Å². The summed E-state index contributed by atoms with van der Waals surface area (Å²) in [6.07, 6.45) is 0. The van der Waals surface area contributed by atoms with Gasteiger partial charge in [0.2, 0.25) is 11.9 Å². The van der Waals surface area contributed by atoms with Gasteiger partial charge in [-0.15, -0.1) is 0 Å². The van der Waals surface area contributed by atoms with Crippen LogP contribution in [0.5, 0.6) is 6.01 Å². The Balaban J connectivity index is 2.24. The molecule has 0 aliphatic rings. The summed E-state index contributed by atoms with van der Waals surface area (Å²) in [5.74, 6) is 0.402. The van der Waals surface area contributed by atoms with E-state index < -0.39 is 0 Å². The molecular weight excluding hydrogens is 334 g/mol. The molecule has 0 aliphatic carbocycles. The Hall–Kier alpha value is -1.60. The summed E-state index contributed by atoms with van der Waals surface area (Å²) < 4.78 is 5.96.